The van der Waals surface area contributed by atoms with Gasteiger partial charge in [-0.3, -0.25) is 9.59 Å². The quantitative estimate of drug-likeness (QED) is 0.839. The number of carbonyl (C=O) groups excluding carboxylic acids is 2. The molecule has 0 saturated carbocycles. The first-order valence-electron chi connectivity index (χ1n) is 7.45. The molecule has 6 nitrogen and oxygen atoms in total. The Morgan fingerprint density at radius 3 is 2.62 bits per heavy atom. The van der Waals surface area contributed by atoms with Crippen molar-refractivity contribution in [1.29, 1.82) is 0 Å². The van der Waals surface area contributed by atoms with E-state index in [9.17, 15) is 9.59 Å². The van der Waals surface area contributed by atoms with Gasteiger partial charge in [-0.2, -0.15) is 0 Å². The molecule has 1 aromatic carbocycles. The standard InChI is InChI=1S/C17H18ClN3O3/c1-3-24-11(2)16(22)20-14-7-5-4-6-13(14)17(23)21-15-9-8-12(18)10-19-15/h4-11H,3H2,1-2H3,(H,20,22)(H,19,21,23)/t11-/m1/s1. The van der Waals surface area contributed by atoms with Crippen LogP contribution in [0.1, 0.15) is 24.2 Å². The summed E-state index contributed by atoms with van der Waals surface area (Å²) in [5, 5.41) is 5.84. The van der Waals surface area contributed by atoms with Crippen LogP contribution in [0.2, 0.25) is 5.02 Å². The third kappa shape index (κ3) is 4.78. The lowest BCUT2D eigenvalue weighted by Crippen LogP contribution is -2.28. The van der Waals surface area contributed by atoms with Crippen molar-refractivity contribution in [1.82, 2.24) is 4.98 Å². The maximum absolute atomic E-state index is 12.4. The number of para-hydroxylation sites is 1. The summed E-state index contributed by atoms with van der Waals surface area (Å²) in [7, 11) is 0. The molecule has 0 aliphatic heterocycles. The van der Waals surface area contributed by atoms with Crippen molar-refractivity contribution in [3.8, 4) is 0 Å². The Balaban J connectivity index is 2.14. The molecule has 2 aromatic rings. The van der Waals surface area contributed by atoms with Crippen LogP contribution in [0.15, 0.2) is 42.6 Å². The number of rotatable bonds is 6. The molecule has 0 fully saturated rings. The zero-order valence-corrected chi connectivity index (χ0v) is 14.1. The Labute approximate surface area is 145 Å². The first-order chi connectivity index (χ1) is 11.5. The van der Waals surface area contributed by atoms with Crippen LogP contribution in [-0.2, 0) is 9.53 Å². The number of halogens is 1. The number of hydrogen-bond donors (Lipinski definition) is 2. The Bertz CT molecular complexity index is 719. The van der Waals surface area contributed by atoms with Crippen molar-refractivity contribution in [2.45, 2.75) is 20.0 Å². The molecule has 0 aliphatic carbocycles. The molecule has 1 atom stereocenters. The van der Waals surface area contributed by atoms with E-state index in [-0.39, 0.29) is 11.8 Å². The van der Waals surface area contributed by atoms with Gasteiger partial charge in [-0.1, -0.05) is 23.7 Å². The van der Waals surface area contributed by atoms with Crippen LogP contribution in [-0.4, -0.2) is 29.5 Å². The largest absolute Gasteiger partial charge is 0.369 e. The number of anilines is 2. The van der Waals surface area contributed by atoms with Gasteiger partial charge in [-0.05, 0) is 38.1 Å². The molecule has 2 rings (SSSR count). The SMILES string of the molecule is CCO[C@H](C)C(=O)Nc1ccccc1C(=O)Nc1ccc(Cl)cn1. The summed E-state index contributed by atoms with van der Waals surface area (Å²) < 4.78 is 5.25. The van der Waals surface area contributed by atoms with Crippen LogP contribution in [0.5, 0.6) is 0 Å². The van der Waals surface area contributed by atoms with Crippen molar-refractivity contribution in [3.63, 3.8) is 0 Å². The average molecular weight is 348 g/mol. The highest BCUT2D eigenvalue weighted by molar-refractivity contribution is 6.30. The third-order valence-corrected chi connectivity index (χ3v) is 3.41. The minimum Gasteiger partial charge on any atom is -0.369 e. The summed E-state index contributed by atoms with van der Waals surface area (Å²) in [6.07, 6.45) is 0.832. The van der Waals surface area contributed by atoms with Crippen molar-refractivity contribution < 1.29 is 14.3 Å². The van der Waals surface area contributed by atoms with Crippen LogP contribution in [0.4, 0.5) is 11.5 Å². The number of hydrogen-bond acceptors (Lipinski definition) is 4. The molecule has 126 valence electrons. The lowest BCUT2D eigenvalue weighted by molar-refractivity contribution is -0.126. The van der Waals surface area contributed by atoms with E-state index >= 15 is 0 Å². The topological polar surface area (TPSA) is 80.3 Å². The van der Waals surface area contributed by atoms with Gasteiger partial charge < -0.3 is 15.4 Å². The van der Waals surface area contributed by atoms with E-state index in [1.807, 2.05) is 6.92 Å². The number of benzene rings is 1. The van der Waals surface area contributed by atoms with Crippen molar-refractivity contribution in [3.05, 3.63) is 53.2 Å². The van der Waals surface area contributed by atoms with Gasteiger partial charge in [0.1, 0.15) is 11.9 Å². The highest BCUT2D eigenvalue weighted by atomic mass is 35.5. The Hall–Kier alpha value is -2.44. The second-order valence-corrected chi connectivity index (χ2v) is 5.38. The van der Waals surface area contributed by atoms with E-state index in [0.29, 0.717) is 28.7 Å². The fraction of sp³-hybridized carbons (Fsp3) is 0.235. The van der Waals surface area contributed by atoms with Gasteiger partial charge in [-0.25, -0.2) is 4.98 Å². The predicted molar refractivity (Wildman–Crippen MR) is 93.4 cm³/mol. The molecule has 2 amide bonds. The fourth-order valence-electron chi connectivity index (χ4n) is 1.98. The van der Waals surface area contributed by atoms with Crippen LogP contribution in [0.3, 0.4) is 0 Å². The van der Waals surface area contributed by atoms with Crippen LogP contribution < -0.4 is 10.6 Å². The predicted octanol–water partition coefficient (Wildman–Crippen LogP) is 3.35. The second kappa shape index (κ2) is 8.42. The van der Waals surface area contributed by atoms with Gasteiger partial charge in [0.05, 0.1) is 16.3 Å². The first-order valence-corrected chi connectivity index (χ1v) is 7.83. The third-order valence-electron chi connectivity index (χ3n) is 3.18. The fourth-order valence-corrected chi connectivity index (χ4v) is 2.10. The lowest BCUT2D eigenvalue weighted by Gasteiger charge is -2.14. The molecule has 0 radical (unpaired) electrons. The van der Waals surface area contributed by atoms with Crippen LogP contribution in [0, 0.1) is 0 Å². The highest BCUT2D eigenvalue weighted by Gasteiger charge is 2.17. The Morgan fingerprint density at radius 1 is 1.21 bits per heavy atom. The minimum atomic E-state index is -0.607. The molecular formula is C17H18ClN3O3. The van der Waals surface area contributed by atoms with E-state index in [1.165, 1.54) is 6.20 Å². The van der Waals surface area contributed by atoms with Crippen LogP contribution in [0.25, 0.3) is 0 Å². The van der Waals surface area contributed by atoms with E-state index in [1.54, 1.807) is 43.3 Å². The molecular weight excluding hydrogens is 330 g/mol. The van der Waals surface area contributed by atoms with Crippen LogP contribution >= 0.6 is 11.6 Å². The highest BCUT2D eigenvalue weighted by Crippen LogP contribution is 2.18. The summed E-state index contributed by atoms with van der Waals surface area (Å²) in [6.45, 7) is 3.89. The molecule has 24 heavy (non-hydrogen) atoms. The second-order valence-electron chi connectivity index (χ2n) is 4.95. The average Bonchev–Trinajstić information content (AvgIpc) is 2.57. The maximum atomic E-state index is 12.4. The number of ether oxygens (including phenoxy) is 1. The smallest absolute Gasteiger partial charge is 0.258 e. The van der Waals surface area contributed by atoms with Crippen molar-refractivity contribution >= 4 is 34.9 Å². The van der Waals surface area contributed by atoms with E-state index in [0.717, 1.165) is 0 Å². The summed E-state index contributed by atoms with van der Waals surface area (Å²) >= 11 is 5.77. The number of aromatic nitrogens is 1. The van der Waals surface area contributed by atoms with E-state index in [2.05, 4.69) is 15.6 Å². The molecule has 7 heteroatoms. The molecule has 0 aliphatic rings. The lowest BCUT2D eigenvalue weighted by atomic mass is 10.1. The molecule has 0 bridgehead atoms. The summed E-state index contributed by atoms with van der Waals surface area (Å²) in [6, 6.07) is 9.94. The number of nitrogens with one attached hydrogen (secondary N) is 2. The molecule has 0 saturated heterocycles. The molecule has 0 spiro atoms. The molecule has 1 aromatic heterocycles. The number of pyridine rings is 1. The van der Waals surface area contributed by atoms with Gasteiger partial charge >= 0.3 is 0 Å². The number of amides is 2. The summed E-state index contributed by atoms with van der Waals surface area (Å²) in [5.74, 6) is -0.334. The first kappa shape index (κ1) is 17.9. The summed E-state index contributed by atoms with van der Waals surface area (Å²) in [4.78, 5) is 28.5. The maximum Gasteiger partial charge on any atom is 0.258 e. The Morgan fingerprint density at radius 2 is 1.96 bits per heavy atom. The van der Waals surface area contributed by atoms with Gasteiger partial charge in [0.2, 0.25) is 0 Å². The van der Waals surface area contributed by atoms with Crippen molar-refractivity contribution in [2.24, 2.45) is 0 Å². The zero-order chi connectivity index (χ0) is 17.5. The van der Waals surface area contributed by atoms with Gasteiger partial charge in [0, 0.05) is 12.8 Å². The summed E-state index contributed by atoms with van der Waals surface area (Å²) in [5.41, 5.74) is 0.729. The van der Waals surface area contributed by atoms with Gasteiger partial charge in [-0.15, -0.1) is 0 Å². The Kier molecular flexibility index (Phi) is 6.28. The monoisotopic (exact) mass is 347 g/mol. The van der Waals surface area contributed by atoms with Gasteiger partial charge in [0.25, 0.3) is 11.8 Å². The molecule has 0 unspecified atom stereocenters. The van der Waals surface area contributed by atoms with Gasteiger partial charge in [0.15, 0.2) is 0 Å². The number of carbonyl (C=O) groups is 2. The van der Waals surface area contributed by atoms with Crippen molar-refractivity contribution in [2.75, 3.05) is 17.2 Å². The van der Waals surface area contributed by atoms with E-state index in [4.69, 9.17) is 16.3 Å². The zero-order valence-electron chi connectivity index (χ0n) is 13.4. The van der Waals surface area contributed by atoms with E-state index < -0.39 is 6.10 Å². The molecule has 2 N–H and O–H groups in total. The molecule has 1 heterocycles. The normalized spacial score (nSPS) is 11.6. The number of nitrogens with zero attached hydrogens (tertiary/aromatic N) is 1. The minimum absolute atomic E-state index is 0.318.